The SMILES string of the molecule is CF.Cc1ccc2c(c1)C=C(C(=O)O)C(C(F)CF)O2. The average Bonchev–Trinajstić information content (AvgIpc) is 2.47. The monoisotopic (exact) mass is 288 g/mol. The molecule has 1 aliphatic heterocycles. The summed E-state index contributed by atoms with van der Waals surface area (Å²) in [5, 5.41) is 9.01. The van der Waals surface area contributed by atoms with Crippen LogP contribution in [-0.4, -0.2) is 37.2 Å². The number of aryl methyl sites for hydroxylation is 1. The van der Waals surface area contributed by atoms with E-state index < -0.39 is 24.9 Å². The van der Waals surface area contributed by atoms with Gasteiger partial charge >= 0.3 is 5.97 Å². The first-order valence-corrected chi connectivity index (χ1v) is 5.83. The van der Waals surface area contributed by atoms with E-state index in [1.54, 1.807) is 18.2 Å². The van der Waals surface area contributed by atoms with Crippen molar-refractivity contribution in [2.24, 2.45) is 0 Å². The molecule has 0 spiro atoms. The highest BCUT2D eigenvalue weighted by atomic mass is 19.2. The molecule has 1 aromatic rings. The Bertz CT molecular complexity index is 514. The second-order valence-corrected chi connectivity index (χ2v) is 4.15. The van der Waals surface area contributed by atoms with E-state index in [4.69, 9.17) is 9.84 Å². The van der Waals surface area contributed by atoms with Crippen LogP contribution in [0.3, 0.4) is 0 Å². The molecule has 20 heavy (non-hydrogen) atoms. The predicted molar refractivity (Wildman–Crippen MR) is 69.1 cm³/mol. The molecule has 2 rings (SSSR count). The van der Waals surface area contributed by atoms with Gasteiger partial charge in [-0.2, -0.15) is 0 Å². The van der Waals surface area contributed by atoms with Crippen molar-refractivity contribution in [3.8, 4) is 5.75 Å². The standard InChI is InChI=1S/C13H12F2O3.CH3F/c1-7-2-3-11-8(4-7)5-9(13(16)17)12(18-11)10(15)6-14;1-2/h2-5,10,12H,6H2,1H3,(H,16,17);1H3. The van der Waals surface area contributed by atoms with Gasteiger partial charge in [-0.25, -0.2) is 13.6 Å². The predicted octanol–water partition coefficient (Wildman–Crippen LogP) is 3.12. The van der Waals surface area contributed by atoms with Crippen LogP contribution in [0.5, 0.6) is 5.75 Å². The van der Waals surface area contributed by atoms with Gasteiger partial charge in [0.05, 0.1) is 12.8 Å². The van der Waals surface area contributed by atoms with Gasteiger partial charge < -0.3 is 9.84 Å². The molecule has 1 aliphatic rings. The van der Waals surface area contributed by atoms with Crippen molar-refractivity contribution < 1.29 is 27.8 Å². The fourth-order valence-corrected chi connectivity index (χ4v) is 1.87. The maximum atomic E-state index is 13.4. The summed E-state index contributed by atoms with van der Waals surface area (Å²) in [5.74, 6) is -0.935. The Morgan fingerprint density at radius 3 is 2.65 bits per heavy atom. The first-order valence-electron chi connectivity index (χ1n) is 5.83. The number of hydrogen-bond donors (Lipinski definition) is 1. The minimum absolute atomic E-state index is 0.266. The summed E-state index contributed by atoms with van der Waals surface area (Å²) in [5.41, 5.74) is 1.23. The van der Waals surface area contributed by atoms with E-state index in [1.165, 1.54) is 6.08 Å². The molecule has 1 aromatic carbocycles. The Kier molecular flexibility index (Phi) is 5.61. The lowest BCUT2D eigenvalue weighted by atomic mass is 9.98. The molecule has 6 heteroatoms. The molecule has 2 atom stereocenters. The summed E-state index contributed by atoms with van der Waals surface area (Å²) < 4.78 is 40.5. The summed E-state index contributed by atoms with van der Waals surface area (Å²) in [4.78, 5) is 11.0. The Morgan fingerprint density at radius 1 is 1.45 bits per heavy atom. The van der Waals surface area contributed by atoms with Crippen molar-refractivity contribution in [2.45, 2.75) is 19.2 Å². The average molecular weight is 288 g/mol. The molecule has 0 aromatic heterocycles. The number of hydrogen-bond acceptors (Lipinski definition) is 2. The molecular weight excluding hydrogens is 273 g/mol. The molecule has 0 fully saturated rings. The maximum absolute atomic E-state index is 13.4. The van der Waals surface area contributed by atoms with Crippen LogP contribution in [0.4, 0.5) is 13.2 Å². The number of fused-ring (bicyclic) bond motifs is 1. The summed E-state index contributed by atoms with van der Waals surface area (Å²) in [6.07, 6.45) is -2.05. The molecule has 0 radical (unpaired) electrons. The van der Waals surface area contributed by atoms with Crippen molar-refractivity contribution in [1.29, 1.82) is 0 Å². The minimum Gasteiger partial charge on any atom is -0.482 e. The largest absolute Gasteiger partial charge is 0.482 e. The van der Waals surface area contributed by atoms with Crippen LogP contribution in [0.2, 0.25) is 0 Å². The van der Waals surface area contributed by atoms with E-state index in [9.17, 15) is 18.0 Å². The number of alkyl halides is 3. The Hall–Kier alpha value is -1.98. The molecule has 0 saturated heterocycles. The molecule has 0 amide bonds. The summed E-state index contributed by atoms with van der Waals surface area (Å²) in [6.45, 7) is 0.566. The van der Waals surface area contributed by atoms with Gasteiger partial charge in [0, 0.05) is 5.56 Å². The summed E-state index contributed by atoms with van der Waals surface area (Å²) in [7, 11) is 0.500. The van der Waals surface area contributed by atoms with Gasteiger partial charge in [-0.1, -0.05) is 11.6 Å². The van der Waals surface area contributed by atoms with Crippen LogP contribution < -0.4 is 4.74 Å². The highest BCUT2D eigenvalue weighted by Gasteiger charge is 2.34. The van der Waals surface area contributed by atoms with Gasteiger partial charge in [0.25, 0.3) is 0 Å². The van der Waals surface area contributed by atoms with Crippen molar-refractivity contribution in [3.63, 3.8) is 0 Å². The zero-order valence-corrected chi connectivity index (χ0v) is 11.1. The second kappa shape index (κ2) is 6.98. The molecule has 110 valence electrons. The van der Waals surface area contributed by atoms with Crippen molar-refractivity contribution >= 4 is 12.0 Å². The summed E-state index contributed by atoms with van der Waals surface area (Å²) in [6, 6.07) is 5.12. The Labute approximate surface area is 114 Å². The number of aliphatic carboxylic acids is 1. The van der Waals surface area contributed by atoms with Gasteiger partial charge in [-0.3, -0.25) is 4.39 Å². The maximum Gasteiger partial charge on any atom is 0.335 e. The molecule has 0 aliphatic carbocycles. The van der Waals surface area contributed by atoms with Crippen LogP contribution in [-0.2, 0) is 4.79 Å². The van der Waals surface area contributed by atoms with Crippen molar-refractivity contribution in [1.82, 2.24) is 0 Å². The normalized spacial score (nSPS) is 17.9. The number of carbonyl (C=O) groups is 1. The van der Waals surface area contributed by atoms with Crippen LogP contribution in [0.15, 0.2) is 23.8 Å². The molecule has 1 heterocycles. The molecule has 0 saturated carbocycles. The highest BCUT2D eigenvalue weighted by Crippen LogP contribution is 2.32. The number of benzene rings is 1. The Morgan fingerprint density at radius 2 is 2.10 bits per heavy atom. The van der Waals surface area contributed by atoms with Crippen LogP contribution in [0.25, 0.3) is 6.08 Å². The van der Waals surface area contributed by atoms with Crippen molar-refractivity contribution in [3.05, 3.63) is 34.9 Å². The van der Waals surface area contributed by atoms with Gasteiger partial charge in [0.1, 0.15) is 12.4 Å². The first kappa shape index (κ1) is 16.1. The fraction of sp³-hybridized carbons (Fsp3) is 0.357. The van der Waals surface area contributed by atoms with E-state index in [1.807, 2.05) is 6.92 Å². The van der Waals surface area contributed by atoms with Crippen LogP contribution in [0, 0.1) is 6.92 Å². The van der Waals surface area contributed by atoms with E-state index in [-0.39, 0.29) is 5.57 Å². The van der Waals surface area contributed by atoms with E-state index in [2.05, 4.69) is 0 Å². The number of halogens is 3. The minimum atomic E-state index is -1.98. The smallest absolute Gasteiger partial charge is 0.335 e. The topological polar surface area (TPSA) is 46.5 Å². The number of carboxylic acid groups (broad SMARTS) is 1. The lowest BCUT2D eigenvalue weighted by Gasteiger charge is -2.26. The summed E-state index contributed by atoms with van der Waals surface area (Å²) >= 11 is 0. The van der Waals surface area contributed by atoms with Crippen molar-refractivity contribution in [2.75, 3.05) is 13.9 Å². The third kappa shape index (κ3) is 3.31. The zero-order valence-electron chi connectivity index (χ0n) is 11.1. The fourth-order valence-electron chi connectivity index (χ4n) is 1.87. The van der Waals surface area contributed by atoms with E-state index in [0.29, 0.717) is 18.5 Å². The second-order valence-electron chi connectivity index (χ2n) is 4.15. The highest BCUT2D eigenvalue weighted by molar-refractivity contribution is 5.95. The zero-order chi connectivity index (χ0) is 15.3. The van der Waals surface area contributed by atoms with Gasteiger partial charge in [0.2, 0.25) is 0 Å². The lowest BCUT2D eigenvalue weighted by molar-refractivity contribution is -0.134. The first-order chi connectivity index (χ1) is 9.52. The van der Waals surface area contributed by atoms with Gasteiger partial charge in [0.15, 0.2) is 12.3 Å². The van der Waals surface area contributed by atoms with Crippen LogP contribution >= 0.6 is 0 Å². The third-order valence-corrected chi connectivity index (χ3v) is 2.76. The van der Waals surface area contributed by atoms with Gasteiger partial charge in [-0.15, -0.1) is 0 Å². The number of rotatable bonds is 3. The quantitative estimate of drug-likeness (QED) is 0.929. The molecule has 2 unspecified atom stereocenters. The molecular formula is C14H15F3O3. The lowest BCUT2D eigenvalue weighted by Crippen LogP contribution is -2.36. The number of ether oxygens (including phenoxy) is 1. The van der Waals surface area contributed by atoms with E-state index in [0.717, 1.165) is 5.56 Å². The van der Waals surface area contributed by atoms with Gasteiger partial charge in [-0.05, 0) is 25.1 Å². The third-order valence-electron chi connectivity index (χ3n) is 2.76. The molecule has 3 nitrogen and oxygen atoms in total. The number of carboxylic acids is 1. The Balaban J connectivity index is 0.000000956. The van der Waals surface area contributed by atoms with E-state index >= 15 is 0 Å². The molecule has 1 N–H and O–H groups in total. The molecule has 0 bridgehead atoms. The van der Waals surface area contributed by atoms with Crippen LogP contribution in [0.1, 0.15) is 11.1 Å².